The molecule has 1 aromatic carbocycles. The van der Waals surface area contributed by atoms with Crippen molar-refractivity contribution in [3.05, 3.63) is 40.7 Å². The van der Waals surface area contributed by atoms with Gasteiger partial charge < -0.3 is 9.47 Å². The largest absolute Gasteiger partial charge is 0.353 e. The van der Waals surface area contributed by atoms with Crippen LogP contribution in [0.5, 0.6) is 0 Å². The third kappa shape index (κ3) is 2.67. The molecule has 0 atom stereocenters. The van der Waals surface area contributed by atoms with E-state index in [0.29, 0.717) is 11.9 Å². The second-order valence-corrected chi connectivity index (χ2v) is 4.56. The standard InChI is InChI=1S/C14H16N2O3/c17-13-10-15-16(12-5-2-1-4-11(12)13)7-6-14-18-8-3-9-19-14/h1-2,4-5,10,14H,3,6-9H2. The average molecular weight is 260 g/mol. The van der Waals surface area contributed by atoms with Crippen molar-refractivity contribution >= 4 is 10.9 Å². The number of hydrogen-bond acceptors (Lipinski definition) is 4. The minimum absolute atomic E-state index is 0.0444. The van der Waals surface area contributed by atoms with Gasteiger partial charge in [0.15, 0.2) is 6.29 Å². The number of aryl methyl sites for hydroxylation is 1. The molecule has 2 aromatic rings. The fraction of sp³-hybridized carbons (Fsp3) is 0.429. The molecule has 1 aliphatic heterocycles. The molecule has 5 nitrogen and oxygen atoms in total. The van der Waals surface area contributed by atoms with Crippen LogP contribution >= 0.6 is 0 Å². The monoisotopic (exact) mass is 260 g/mol. The normalized spacial score (nSPS) is 16.8. The van der Waals surface area contributed by atoms with Gasteiger partial charge >= 0.3 is 0 Å². The van der Waals surface area contributed by atoms with E-state index < -0.39 is 0 Å². The number of hydrogen-bond donors (Lipinski definition) is 0. The zero-order chi connectivity index (χ0) is 13.1. The van der Waals surface area contributed by atoms with Gasteiger partial charge in [-0.1, -0.05) is 12.1 Å². The first-order valence-electron chi connectivity index (χ1n) is 6.53. The molecule has 100 valence electrons. The summed E-state index contributed by atoms with van der Waals surface area (Å²) in [5, 5.41) is 4.88. The SMILES string of the molecule is O=c1cnn(CCC2OCCCO2)c2ccccc12. The highest BCUT2D eigenvalue weighted by Crippen LogP contribution is 2.12. The van der Waals surface area contributed by atoms with Gasteiger partial charge in [-0.2, -0.15) is 5.10 Å². The fourth-order valence-electron chi connectivity index (χ4n) is 2.27. The van der Waals surface area contributed by atoms with E-state index in [1.165, 1.54) is 6.20 Å². The first-order chi connectivity index (χ1) is 9.34. The molecular formula is C14H16N2O3. The first kappa shape index (κ1) is 12.3. The Morgan fingerprint density at radius 3 is 2.89 bits per heavy atom. The Labute approximate surface area is 110 Å². The minimum atomic E-state index is -0.159. The summed E-state index contributed by atoms with van der Waals surface area (Å²) in [6, 6.07) is 7.50. The highest BCUT2D eigenvalue weighted by atomic mass is 16.7. The molecule has 1 saturated heterocycles. The molecule has 1 aromatic heterocycles. The van der Waals surface area contributed by atoms with Crippen molar-refractivity contribution < 1.29 is 9.47 Å². The zero-order valence-electron chi connectivity index (χ0n) is 10.6. The Hall–Kier alpha value is -1.72. The van der Waals surface area contributed by atoms with E-state index in [2.05, 4.69) is 5.10 Å². The lowest BCUT2D eigenvalue weighted by Gasteiger charge is -2.23. The summed E-state index contributed by atoms with van der Waals surface area (Å²) in [6.45, 7) is 2.18. The molecule has 0 bridgehead atoms. The van der Waals surface area contributed by atoms with Crippen molar-refractivity contribution in [3.63, 3.8) is 0 Å². The van der Waals surface area contributed by atoms with Crippen molar-refractivity contribution in [2.24, 2.45) is 0 Å². The van der Waals surface area contributed by atoms with E-state index in [-0.39, 0.29) is 11.7 Å². The lowest BCUT2D eigenvalue weighted by atomic mass is 10.2. The summed E-state index contributed by atoms with van der Waals surface area (Å²) in [6.07, 6.45) is 2.90. The molecule has 2 heterocycles. The summed E-state index contributed by atoms with van der Waals surface area (Å²) in [5.74, 6) is 0. The fourth-order valence-corrected chi connectivity index (χ4v) is 2.27. The predicted octanol–water partition coefficient (Wildman–Crippen LogP) is 1.55. The summed E-state index contributed by atoms with van der Waals surface area (Å²) < 4.78 is 12.9. The van der Waals surface area contributed by atoms with E-state index in [1.54, 1.807) is 0 Å². The first-order valence-corrected chi connectivity index (χ1v) is 6.53. The Morgan fingerprint density at radius 1 is 1.26 bits per heavy atom. The summed E-state index contributed by atoms with van der Waals surface area (Å²) in [7, 11) is 0. The molecule has 0 N–H and O–H groups in total. The predicted molar refractivity (Wildman–Crippen MR) is 70.9 cm³/mol. The molecule has 1 fully saturated rings. The number of benzene rings is 1. The number of aromatic nitrogens is 2. The molecule has 0 amide bonds. The van der Waals surface area contributed by atoms with Crippen LogP contribution in [0.15, 0.2) is 35.3 Å². The topological polar surface area (TPSA) is 53.4 Å². The number of nitrogens with zero attached hydrogens (tertiary/aromatic N) is 2. The van der Waals surface area contributed by atoms with Crippen LogP contribution in [0.2, 0.25) is 0 Å². The van der Waals surface area contributed by atoms with Crippen LogP contribution in [-0.4, -0.2) is 29.3 Å². The van der Waals surface area contributed by atoms with Gasteiger partial charge in [0, 0.05) is 18.4 Å². The van der Waals surface area contributed by atoms with Crippen molar-refractivity contribution in [1.82, 2.24) is 9.78 Å². The van der Waals surface area contributed by atoms with Crippen molar-refractivity contribution in [3.8, 4) is 0 Å². The molecule has 3 rings (SSSR count). The van der Waals surface area contributed by atoms with E-state index in [0.717, 1.165) is 31.6 Å². The Bertz CT molecular complexity index is 617. The molecule has 1 aliphatic rings. The quantitative estimate of drug-likeness (QED) is 0.840. The maximum Gasteiger partial charge on any atom is 0.207 e. The van der Waals surface area contributed by atoms with E-state index in [9.17, 15) is 4.79 Å². The van der Waals surface area contributed by atoms with Gasteiger partial charge in [-0.25, -0.2) is 0 Å². The molecule has 0 radical (unpaired) electrons. The smallest absolute Gasteiger partial charge is 0.207 e. The van der Waals surface area contributed by atoms with Gasteiger partial charge in [-0.05, 0) is 18.6 Å². The zero-order valence-corrected chi connectivity index (χ0v) is 10.6. The van der Waals surface area contributed by atoms with Gasteiger partial charge in [0.1, 0.15) is 0 Å². The van der Waals surface area contributed by atoms with Crippen molar-refractivity contribution in [1.29, 1.82) is 0 Å². The molecule has 0 saturated carbocycles. The Morgan fingerprint density at radius 2 is 2.05 bits per heavy atom. The molecule has 0 spiro atoms. The summed E-state index contributed by atoms with van der Waals surface area (Å²) >= 11 is 0. The van der Waals surface area contributed by atoms with E-state index >= 15 is 0 Å². The maximum atomic E-state index is 11.7. The van der Waals surface area contributed by atoms with Gasteiger partial charge in [0.25, 0.3) is 0 Å². The highest BCUT2D eigenvalue weighted by molar-refractivity contribution is 5.77. The molecule has 19 heavy (non-hydrogen) atoms. The molecular weight excluding hydrogens is 244 g/mol. The van der Waals surface area contributed by atoms with Crippen molar-refractivity contribution in [2.45, 2.75) is 25.7 Å². The summed E-state index contributed by atoms with van der Waals surface area (Å²) in [4.78, 5) is 11.7. The number of ether oxygens (including phenoxy) is 2. The lowest BCUT2D eigenvalue weighted by molar-refractivity contribution is -0.182. The van der Waals surface area contributed by atoms with Crippen LogP contribution in [0, 0.1) is 0 Å². The van der Waals surface area contributed by atoms with E-state index in [1.807, 2.05) is 28.9 Å². The van der Waals surface area contributed by atoms with Crippen LogP contribution < -0.4 is 5.43 Å². The minimum Gasteiger partial charge on any atom is -0.353 e. The van der Waals surface area contributed by atoms with Crippen LogP contribution in [0.4, 0.5) is 0 Å². The summed E-state index contributed by atoms with van der Waals surface area (Å²) in [5.41, 5.74) is 0.808. The third-order valence-electron chi connectivity index (χ3n) is 3.23. The maximum absolute atomic E-state index is 11.7. The number of fused-ring (bicyclic) bond motifs is 1. The lowest BCUT2D eigenvalue weighted by Crippen LogP contribution is -2.26. The number of rotatable bonds is 3. The Balaban J connectivity index is 1.81. The molecule has 0 unspecified atom stereocenters. The Kier molecular flexibility index (Phi) is 3.57. The van der Waals surface area contributed by atoms with Crippen LogP contribution in [0.3, 0.4) is 0 Å². The molecule has 5 heteroatoms. The van der Waals surface area contributed by atoms with Gasteiger partial charge in [0.2, 0.25) is 5.43 Å². The van der Waals surface area contributed by atoms with Crippen LogP contribution in [0.1, 0.15) is 12.8 Å². The highest BCUT2D eigenvalue weighted by Gasteiger charge is 2.14. The van der Waals surface area contributed by atoms with E-state index in [4.69, 9.17) is 9.47 Å². The molecule has 0 aliphatic carbocycles. The van der Waals surface area contributed by atoms with Crippen LogP contribution in [0.25, 0.3) is 10.9 Å². The third-order valence-corrected chi connectivity index (χ3v) is 3.23. The van der Waals surface area contributed by atoms with Crippen molar-refractivity contribution in [2.75, 3.05) is 13.2 Å². The van der Waals surface area contributed by atoms with Gasteiger partial charge in [-0.3, -0.25) is 9.48 Å². The van der Waals surface area contributed by atoms with Crippen LogP contribution in [-0.2, 0) is 16.0 Å². The second kappa shape index (κ2) is 5.50. The number of para-hydroxylation sites is 1. The van der Waals surface area contributed by atoms with Gasteiger partial charge in [-0.15, -0.1) is 0 Å². The second-order valence-electron chi connectivity index (χ2n) is 4.56. The van der Waals surface area contributed by atoms with Gasteiger partial charge in [0.05, 0.1) is 24.9 Å². The average Bonchev–Trinajstić information content (AvgIpc) is 2.48.